The van der Waals surface area contributed by atoms with Crippen LogP contribution in [-0.2, 0) is 30.0 Å². The summed E-state index contributed by atoms with van der Waals surface area (Å²) in [4.78, 5) is 12.8. The smallest absolute Gasteiger partial charge is 0.346 e. The zero-order valence-corrected chi connectivity index (χ0v) is 23.6. The second-order valence-corrected chi connectivity index (χ2v) is 12.6. The second kappa shape index (κ2) is 12.1. The number of amides is 1. The second-order valence-electron chi connectivity index (χ2n) is 9.83. The Kier molecular flexibility index (Phi) is 8.47. The first-order chi connectivity index (χ1) is 20.8. The summed E-state index contributed by atoms with van der Waals surface area (Å²) in [5.74, 6) is -0.479. The van der Waals surface area contributed by atoms with Crippen molar-refractivity contribution in [3.63, 3.8) is 0 Å². The molecule has 0 fully saturated rings. The van der Waals surface area contributed by atoms with Crippen molar-refractivity contribution in [2.45, 2.75) is 25.4 Å². The number of hydrogen-bond acceptors (Lipinski definition) is 4. The van der Waals surface area contributed by atoms with Crippen molar-refractivity contribution in [3.8, 4) is 0 Å². The normalized spacial score (nSPS) is 12.2. The van der Waals surface area contributed by atoms with Crippen LogP contribution in [0.25, 0.3) is 0 Å². The number of hydrogen-bond donors (Lipinski definition) is 1. The van der Waals surface area contributed by atoms with Crippen molar-refractivity contribution < 1.29 is 35.7 Å². The highest BCUT2D eigenvalue weighted by molar-refractivity contribution is 7.85. The van der Waals surface area contributed by atoms with E-state index in [9.17, 15) is 35.7 Å². The fourth-order valence-electron chi connectivity index (χ4n) is 4.61. The van der Waals surface area contributed by atoms with Crippen molar-refractivity contribution >= 4 is 29.0 Å². The van der Waals surface area contributed by atoms with E-state index in [1.54, 1.807) is 48.5 Å². The first-order valence-electron chi connectivity index (χ1n) is 13.1. The molecule has 0 radical (unpaired) electrons. The van der Waals surface area contributed by atoms with Gasteiger partial charge in [-0.1, -0.05) is 78.0 Å². The Morgan fingerprint density at radius 2 is 1.23 bits per heavy atom. The van der Waals surface area contributed by atoms with Gasteiger partial charge in [0.15, 0.2) is 7.14 Å². The van der Waals surface area contributed by atoms with Crippen LogP contribution in [-0.4, -0.2) is 20.9 Å². The van der Waals surface area contributed by atoms with Crippen LogP contribution in [0, 0.1) is 0 Å². The molecular weight excluding hydrogens is 605 g/mol. The van der Waals surface area contributed by atoms with Crippen LogP contribution < -0.4 is 21.2 Å². The van der Waals surface area contributed by atoms with E-state index in [0.29, 0.717) is 28.0 Å². The number of carbonyl (C=O) groups is 1. The lowest BCUT2D eigenvalue weighted by atomic mass is 10.0. The minimum atomic E-state index is -4.97. The summed E-state index contributed by atoms with van der Waals surface area (Å²) >= 11 is 0. The van der Waals surface area contributed by atoms with Crippen LogP contribution in [0.4, 0.5) is 26.3 Å². The van der Waals surface area contributed by atoms with E-state index < -0.39 is 43.1 Å². The lowest BCUT2D eigenvalue weighted by molar-refractivity contribution is -0.143. The molecule has 0 saturated heterocycles. The SMILES string of the molecule is O=C(NCc1cn(Cc2cc(C(F)(F)F)cc(C(F)(F)F)c2)nn1)c1ccc(P(=O)(c2ccccc2)c2ccccc2)cc1. The maximum Gasteiger partial charge on any atom is 0.416 e. The third kappa shape index (κ3) is 6.75. The molecule has 0 atom stereocenters. The van der Waals surface area contributed by atoms with E-state index in [1.807, 2.05) is 36.4 Å². The Morgan fingerprint density at radius 3 is 1.73 bits per heavy atom. The van der Waals surface area contributed by atoms with E-state index in [1.165, 1.54) is 6.20 Å². The summed E-state index contributed by atoms with van der Waals surface area (Å²) < 4.78 is 94.6. The first-order valence-corrected chi connectivity index (χ1v) is 14.8. The van der Waals surface area contributed by atoms with Gasteiger partial charge in [0.1, 0.15) is 5.69 Å². The number of aromatic nitrogens is 3. The van der Waals surface area contributed by atoms with Gasteiger partial charge in [-0.3, -0.25) is 4.79 Å². The number of nitrogens with one attached hydrogen (secondary N) is 1. The molecule has 13 heteroatoms. The maximum absolute atomic E-state index is 14.4. The molecule has 0 bridgehead atoms. The van der Waals surface area contributed by atoms with Gasteiger partial charge < -0.3 is 9.88 Å². The number of carbonyl (C=O) groups excluding carboxylic acids is 1. The summed E-state index contributed by atoms with van der Waals surface area (Å²) in [6, 6.07) is 25.7. The molecule has 1 amide bonds. The molecule has 0 aliphatic rings. The van der Waals surface area contributed by atoms with Gasteiger partial charge >= 0.3 is 12.4 Å². The summed E-state index contributed by atoms with van der Waals surface area (Å²) in [6.45, 7) is -0.512. The van der Waals surface area contributed by atoms with Gasteiger partial charge in [-0.05, 0) is 35.9 Å². The largest absolute Gasteiger partial charge is 0.416 e. The van der Waals surface area contributed by atoms with Crippen molar-refractivity contribution in [3.05, 3.63) is 137 Å². The van der Waals surface area contributed by atoms with Gasteiger partial charge in [0.05, 0.1) is 30.4 Å². The molecule has 0 aliphatic heterocycles. The van der Waals surface area contributed by atoms with Crippen LogP contribution >= 0.6 is 7.14 Å². The molecular formula is C31H23F6N4O2P. The highest BCUT2D eigenvalue weighted by Crippen LogP contribution is 2.42. The molecule has 0 spiro atoms. The molecule has 1 heterocycles. The van der Waals surface area contributed by atoms with Crippen molar-refractivity contribution in [1.29, 1.82) is 0 Å². The number of rotatable bonds is 8. The Balaban J connectivity index is 1.28. The Bertz CT molecular complexity index is 1730. The van der Waals surface area contributed by atoms with Crippen molar-refractivity contribution in [1.82, 2.24) is 20.3 Å². The number of benzene rings is 4. The molecule has 5 rings (SSSR count). The summed E-state index contributed by atoms with van der Waals surface area (Å²) in [7, 11) is -3.22. The highest BCUT2D eigenvalue weighted by Gasteiger charge is 2.37. The molecule has 0 aliphatic carbocycles. The average Bonchev–Trinajstić information content (AvgIpc) is 3.46. The maximum atomic E-state index is 14.4. The Morgan fingerprint density at radius 1 is 0.727 bits per heavy atom. The quantitative estimate of drug-likeness (QED) is 0.171. The van der Waals surface area contributed by atoms with Crippen molar-refractivity contribution in [2.24, 2.45) is 0 Å². The molecule has 1 N–H and O–H groups in total. The lowest BCUT2D eigenvalue weighted by Crippen LogP contribution is -2.26. The Hall–Kier alpha value is -4.70. The third-order valence-electron chi connectivity index (χ3n) is 6.74. The molecule has 1 aromatic heterocycles. The molecule has 6 nitrogen and oxygen atoms in total. The predicted octanol–water partition coefficient (Wildman–Crippen LogP) is 5.93. The van der Waals surface area contributed by atoms with Gasteiger partial charge in [-0.15, -0.1) is 5.10 Å². The fourth-order valence-corrected chi connectivity index (χ4v) is 7.26. The fraction of sp³-hybridized carbons (Fsp3) is 0.129. The minimum absolute atomic E-state index is 0.0560. The lowest BCUT2D eigenvalue weighted by Gasteiger charge is -2.20. The van der Waals surface area contributed by atoms with Gasteiger partial charge in [0, 0.05) is 21.5 Å². The number of halogens is 6. The zero-order valence-electron chi connectivity index (χ0n) is 22.7. The molecule has 4 aromatic carbocycles. The molecule has 226 valence electrons. The van der Waals surface area contributed by atoms with E-state index in [2.05, 4.69) is 15.6 Å². The zero-order chi connectivity index (χ0) is 31.5. The summed E-state index contributed by atoms with van der Waals surface area (Å²) in [6.07, 6.45) is -8.62. The van der Waals surface area contributed by atoms with E-state index >= 15 is 0 Å². The van der Waals surface area contributed by atoms with Crippen LogP contribution in [0.5, 0.6) is 0 Å². The molecule has 44 heavy (non-hydrogen) atoms. The van der Waals surface area contributed by atoms with Gasteiger partial charge in [-0.25, -0.2) is 4.68 Å². The summed E-state index contributed by atoms with van der Waals surface area (Å²) in [5, 5.41) is 12.1. The molecule has 5 aromatic rings. The minimum Gasteiger partial charge on any atom is -0.346 e. The van der Waals surface area contributed by atoms with Crippen LogP contribution in [0.2, 0.25) is 0 Å². The van der Waals surface area contributed by atoms with E-state index in [-0.39, 0.29) is 29.4 Å². The van der Waals surface area contributed by atoms with Crippen LogP contribution in [0.1, 0.15) is 32.7 Å². The topological polar surface area (TPSA) is 76.9 Å². The molecule has 0 unspecified atom stereocenters. The van der Waals surface area contributed by atoms with Gasteiger partial charge in [0.25, 0.3) is 5.91 Å². The molecule has 0 saturated carbocycles. The van der Waals surface area contributed by atoms with Crippen LogP contribution in [0.15, 0.2) is 109 Å². The number of nitrogens with zero attached hydrogens (tertiary/aromatic N) is 3. The van der Waals surface area contributed by atoms with E-state index in [0.717, 1.165) is 4.68 Å². The Labute approximate surface area is 247 Å². The standard InChI is InChI=1S/C31H23F6N4O2P/c32-30(33,34)23-15-21(16-24(17-23)31(35,36)37)19-41-20-25(39-40-41)18-38-29(42)22-11-13-28(14-12-22)44(43,26-7-3-1-4-8-26)27-9-5-2-6-10-27/h1-17,20H,18-19H2,(H,38,42). The van der Waals surface area contributed by atoms with Crippen LogP contribution in [0.3, 0.4) is 0 Å². The highest BCUT2D eigenvalue weighted by atomic mass is 31.2. The van der Waals surface area contributed by atoms with Gasteiger partial charge in [0.2, 0.25) is 0 Å². The third-order valence-corrected chi connectivity index (χ3v) is 9.82. The average molecular weight is 629 g/mol. The monoisotopic (exact) mass is 628 g/mol. The van der Waals surface area contributed by atoms with E-state index in [4.69, 9.17) is 0 Å². The predicted molar refractivity (Wildman–Crippen MR) is 153 cm³/mol. The van der Waals surface area contributed by atoms with Crippen molar-refractivity contribution in [2.75, 3.05) is 0 Å². The van der Waals surface area contributed by atoms with Gasteiger partial charge in [-0.2, -0.15) is 26.3 Å². The number of alkyl halides is 6. The summed E-state index contributed by atoms with van der Waals surface area (Å²) in [5.41, 5.74) is -2.61. The first kappa shape index (κ1) is 30.7.